The standard InChI is InChI=1S/C26H27N5O3/c1-27-15-24(32)30-22-10-9-16(11-20(22)26(33)31(2)3)17-12-19-21(14-29-25(19)28-13-17)18-7-5-6-8-23(18)34-4/h5-14,27H,15H2,1-4H3,(H,28,29)(H,30,32). The minimum Gasteiger partial charge on any atom is -0.496 e. The first kappa shape index (κ1) is 23.0. The second-order valence-corrected chi connectivity index (χ2v) is 8.06. The molecule has 2 heterocycles. The summed E-state index contributed by atoms with van der Waals surface area (Å²) in [5, 5.41) is 6.56. The van der Waals surface area contributed by atoms with Crippen LogP contribution in [0.3, 0.4) is 0 Å². The average molecular weight is 458 g/mol. The van der Waals surface area contributed by atoms with Crippen molar-refractivity contribution in [1.82, 2.24) is 20.2 Å². The highest BCUT2D eigenvalue weighted by molar-refractivity contribution is 6.05. The van der Waals surface area contributed by atoms with Crippen molar-refractivity contribution in [3.05, 3.63) is 66.5 Å². The van der Waals surface area contributed by atoms with Crippen LogP contribution in [0.25, 0.3) is 33.3 Å². The summed E-state index contributed by atoms with van der Waals surface area (Å²) in [5.41, 5.74) is 5.23. The molecule has 2 aromatic carbocycles. The summed E-state index contributed by atoms with van der Waals surface area (Å²) in [7, 11) is 6.71. The van der Waals surface area contributed by atoms with Gasteiger partial charge in [-0.1, -0.05) is 24.3 Å². The quantitative estimate of drug-likeness (QED) is 0.392. The number of nitrogens with zero attached hydrogens (tertiary/aromatic N) is 2. The van der Waals surface area contributed by atoms with Crippen molar-refractivity contribution >= 4 is 28.5 Å². The van der Waals surface area contributed by atoms with Gasteiger partial charge in [0.15, 0.2) is 0 Å². The predicted molar refractivity (Wildman–Crippen MR) is 134 cm³/mol. The Morgan fingerprint density at radius 1 is 1.06 bits per heavy atom. The lowest BCUT2D eigenvalue weighted by atomic mass is 9.99. The molecule has 2 aromatic heterocycles. The topological polar surface area (TPSA) is 99.4 Å². The van der Waals surface area contributed by atoms with Gasteiger partial charge in [0.2, 0.25) is 5.91 Å². The maximum atomic E-state index is 12.9. The number of carbonyl (C=O) groups is 2. The lowest BCUT2D eigenvalue weighted by Gasteiger charge is -2.16. The SMILES string of the molecule is CNCC(=O)Nc1ccc(-c2cnc3[nH]cc(-c4ccccc4OC)c3c2)cc1C(=O)N(C)C. The summed E-state index contributed by atoms with van der Waals surface area (Å²) in [4.78, 5) is 34.3. The molecule has 174 valence electrons. The molecule has 8 heteroatoms. The molecule has 4 aromatic rings. The number of methoxy groups -OCH3 is 1. The summed E-state index contributed by atoms with van der Waals surface area (Å²) in [6.07, 6.45) is 3.68. The zero-order chi connectivity index (χ0) is 24.2. The number of likely N-dealkylation sites (N-methyl/N-ethyl adjacent to an activating group) is 1. The van der Waals surface area contributed by atoms with E-state index in [-0.39, 0.29) is 18.4 Å². The molecule has 0 atom stereocenters. The fourth-order valence-electron chi connectivity index (χ4n) is 3.86. The van der Waals surface area contributed by atoms with Gasteiger partial charge in [-0.25, -0.2) is 4.98 Å². The summed E-state index contributed by atoms with van der Waals surface area (Å²) in [6.45, 7) is 0.150. The van der Waals surface area contributed by atoms with Crippen LogP contribution in [0.4, 0.5) is 5.69 Å². The third-order valence-corrected chi connectivity index (χ3v) is 5.53. The number of hydrogen-bond acceptors (Lipinski definition) is 5. The number of fused-ring (bicyclic) bond motifs is 1. The van der Waals surface area contributed by atoms with Crippen LogP contribution in [0.2, 0.25) is 0 Å². The summed E-state index contributed by atoms with van der Waals surface area (Å²) in [5.74, 6) is 0.348. The van der Waals surface area contributed by atoms with Gasteiger partial charge in [0.05, 0.1) is 24.9 Å². The molecule has 0 unspecified atom stereocenters. The number of rotatable bonds is 7. The monoisotopic (exact) mass is 457 g/mol. The second kappa shape index (κ2) is 9.76. The first-order valence-electron chi connectivity index (χ1n) is 10.8. The van der Waals surface area contributed by atoms with Gasteiger partial charge in [0.25, 0.3) is 5.91 Å². The highest BCUT2D eigenvalue weighted by Crippen LogP contribution is 2.36. The lowest BCUT2D eigenvalue weighted by molar-refractivity contribution is -0.115. The summed E-state index contributed by atoms with van der Waals surface area (Å²) < 4.78 is 5.54. The molecule has 3 N–H and O–H groups in total. The van der Waals surface area contributed by atoms with E-state index < -0.39 is 0 Å². The number of aromatic nitrogens is 2. The molecule has 0 spiro atoms. The Morgan fingerprint density at radius 2 is 1.85 bits per heavy atom. The van der Waals surface area contributed by atoms with Crippen LogP contribution in [-0.4, -0.2) is 61.5 Å². The summed E-state index contributed by atoms with van der Waals surface area (Å²) in [6, 6.07) is 15.3. The highest BCUT2D eigenvalue weighted by Gasteiger charge is 2.18. The van der Waals surface area contributed by atoms with Crippen molar-refractivity contribution in [2.45, 2.75) is 0 Å². The first-order valence-corrected chi connectivity index (χ1v) is 10.8. The first-order chi connectivity index (χ1) is 16.4. The van der Waals surface area contributed by atoms with Crippen molar-refractivity contribution in [1.29, 1.82) is 0 Å². The molecule has 0 aliphatic heterocycles. The Bertz CT molecular complexity index is 1360. The molecule has 0 radical (unpaired) electrons. The van der Waals surface area contributed by atoms with Gasteiger partial charge >= 0.3 is 0 Å². The van der Waals surface area contributed by atoms with Gasteiger partial charge in [-0.3, -0.25) is 9.59 Å². The van der Waals surface area contributed by atoms with Crippen LogP contribution in [0, 0.1) is 0 Å². The maximum absolute atomic E-state index is 12.9. The Kier molecular flexibility index (Phi) is 6.60. The number of carbonyl (C=O) groups excluding carboxylic acids is 2. The van der Waals surface area contributed by atoms with Gasteiger partial charge in [-0.05, 0) is 36.9 Å². The van der Waals surface area contributed by atoms with Crippen molar-refractivity contribution in [3.8, 4) is 28.0 Å². The van der Waals surface area contributed by atoms with Gasteiger partial charge in [-0.2, -0.15) is 0 Å². The number of amides is 2. The van der Waals surface area contributed by atoms with E-state index in [4.69, 9.17) is 4.74 Å². The normalized spacial score (nSPS) is 10.8. The molecular weight excluding hydrogens is 430 g/mol. The fraction of sp³-hybridized carbons (Fsp3) is 0.192. The van der Waals surface area contributed by atoms with Crippen molar-refractivity contribution in [2.75, 3.05) is 40.1 Å². The Hall–Kier alpha value is -4.17. The zero-order valence-corrected chi connectivity index (χ0v) is 19.6. The number of H-pyrrole nitrogens is 1. The molecule has 2 amide bonds. The summed E-state index contributed by atoms with van der Waals surface area (Å²) >= 11 is 0. The third-order valence-electron chi connectivity index (χ3n) is 5.53. The van der Waals surface area contributed by atoms with Gasteiger partial charge in [0.1, 0.15) is 11.4 Å². The molecule has 0 saturated carbocycles. The number of ether oxygens (including phenoxy) is 1. The number of anilines is 1. The van der Waals surface area contributed by atoms with Crippen LogP contribution in [0.5, 0.6) is 5.75 Å². The van der Waals surface area contributed by atoms with E-state index in [1.807, 2.05) is 42.6 Å². The van der Waals surface area contributed by atoms with Crippen LogP contribution in [0.1, 0.15) is 10.4 Å². The minimum absolute atomic E-state index is 0.150. The number of pyridine rings is 1. The fourth-order valence-corrected chi connectivity index (χ4v) is 3.86. The number of aromatic amines is 1. The lowest BCUT2D eigenvalue weighted by Crippen LogP contribution is -2.28. The Labute approximate surface area is 198 Å². The molecule has 0 aliphatic carbocycles. The molecular formula is C26H27N5O3. The van der Waals surface area contributed by atoms with E-state index >= 15 is 0 Å². The number of hydrogen-bond donors (Lipinski definition) is 3. The van der Waals surface area contributed by atoms with E-state index in [9.17, 15) is 9.59 Å². The third kappa shape index (κ3) is 4.49. The number of para-hydroxylation sites is 1. The molecule has 0 aliphatic rings. The number of nitrogens with one attached hydrogen (secondary N) is 3. The average Bonchev–Trinajstić information content (AvgIpc) is 3.27. The highest BCUT2D eigenvalue weighted by atomic mass is 16.5. The van der Waals surface area contributed by atoms with Crippen molar-refractivity contribution in [3.63, 3.8) is 0 Å². The van der Waals surface area contributed by atoms with Crippen LogP contribution < -0.4 is 15.4 Å². The maximum Gasteiger partial charge on any atom is 0.255 e. The molecule has 0 saturated heterocycles. The van der Waals surface area contributed by atoms with Gasteiger partial charge in [-0.15, -0.1) is 0 Å². The van der Waals surface area contributed by atoms with Crippen molar-refractivity contribution < 1.29 is 14.3 Å². The Balaban J connectivity index is 1.80. The van der Waals surface area contributed by atoms with Gasteiger partial charge in [0, 0.05) is 48.6 Å². The predicted octanol–water partition coefficient (Wildman–Crippen LogP) is 3.77. The Morgan fingerprint density at radius 3 is 2.59 bits per heavy atom. The van der Waals surface area contributed by atoms with E-state index in [2.05, 4.69) is 20.6 Å². The van der Waals surface area contributed by atoms with Crippen molar-refractivity contribution in [2.24, 2.45) is 0 Å². The largest absolute Gasteiger partial charge is 0.496 e. The molecule has 34 heavy (non-hydrogen) atoms. The molecule has 0 bridgehead atoms. The molecule has 0 fully saturated rings. The van der Waals surface area contributed by atoms with E-state index in [0.717, 1.165) is 39.0 Å². The number of benzene rings is 2. The van der Waals surface area contributed by atoms with E-state index in [1.54, 1.807) is 46.6 Å². The van der Waals surface area contributed by atoms with Crippen LogP contribution >= 0.6 is 0 Å². The van der Waals surface area contributed by atoms with E-state index in [1.165, 1.54) is 4.90 Å². The zero-order valence-electron chi connectivity index (χ0n) is 19.6. The molecule has 8 nitrogen and oxygen atoms in total. The van der Waals surface area contributed by atoms with Gasteiger partial charge < -0.3 is 25.3 Å². The molecule has 4 rings (SSSR count). The van der Waals surface area contributed by atoms with E-state index in [0.29, 0.717) is 11.3 Å². The minimum atomic E-state index is -0.222. The second-order valence-electron chi connectivity index (χ2n) is 8.06. The smallest absolute Gasteiger partial charge is 0.255 e. The van der Waals surface area contributed by atoms with Crippen LogP contribution in [-0.2, 0) is 4.79 Å². The van der Waals surface area contributed by atoms with Crippen LogP contribution in [0.15, 0.2) is 60.9 Å².